The zero-order valence-corrected chi connectivity index (χ0v) is 20.9. The average molecular weight is 491 g/mol. The number of nitrogens with zero attached hydrogens (tertiary/aromatic N) is 4. The first-order chi connectivity index (χ1) is 16.7. The number of halogens is 1. The molecule has 0 atom stereocenters. The van der Waals surface area contributed by atoms with Crippen molar-refractivity contribution in [2.45, 2.75) is 46.8 Å². The SMILES string of the molecule is Cc1c(CC(=O)O)c(-c2ccc(Cl)cc2)c2cc(C)n3c2c1N(c1ncc(OC(C)C)cn1)CC3. The number of carboxylic acid groups (broad SMARTS) is 1. The molecular weight excluding hydrogens is 464 g/mol. The first kappa shape index (κ1) is 23.2. The molecule has 0 saturated carbocycles. The van der Waals surface area contributed by atoms with E-state index in [-0.39, 0.29) is 12.5 Å². The van der Waals surface area contributed by atoms with Crippen molar-refractivity contribution >= 4 is 40.1 Å². The third-order valence-corrected chi connectivity index (χ3v) is 6.67. The number of rotatable bonds is 6. The molecule has 180 valence electrons. The Morgan fingerprint density at radius 2 is 1.83 bits per heavy atom. The van der Waals surface area contributed by atoms with E-state index in [1.54, 1.807) is 12.4 Å². The number of anilines is 2. The number of aromatic nitrogens is 3. The number of benzene rings is 2. The maximum absolute atomic E-state index is 12.0. The van der Waals surface area contributed by atoms with E-state index in [1.165, 1.54) is 0 Å². The summed E-state index contributed by atoms with van der Waals surface area (Å²) in [6, 6.07) is 9.74. The summed E-state index contributed by atoms with van der Waals surface area (Å²) >= 11 is 6.16. The molecule has 35 heavy (non-hydrogen) atoms. The molecule has 1 N–H and O–H groups in total. The molecule has 1 aliphatic rings. The fourth-order valence-electron chi connectivity index (χ4n) is 5.02. The van der Waals surface area contributed by atoms with Gasteiger partial charge in [-0.2, -0.15) is 0 Å². The molecule has 5 rings (SSSR count). The Balaban J connectivity index is 1.76. The molecule has 0 unspecified atom stereocenters. The van der Waals surface area contributed by atoms with Gasteiger partial charge in [0.05, 0.1) is 36.1 Å². The summed E-state index contributed by atoms with van der Waals surface area (Å²) in [4.78, 5) is 23.3. The zero-order valence-electron chi connectivity index (χ0n) is 20.2. The minimum absolute atomic E-state index is 0.0338. The molecule has 0 saturated heterocycles. The lowest BCUT2D eigenvalue weighted by Crippen LogP contribution is -2.30. The van der Waals surface area contributed by atoms with E-state index in [2.05, 4.69) is 32.4 Å². The highest BCUT2D eigenvalue weighted by Crippen LogP contribution is 2.46. The first-order valence-corrected chi connectivity index (χ1v) is 12.0. The Labute approximate surface area is 208 Å². The van der Waals surface area contributed by atoms with Crippen molar-refractivity contribution in [2.24, 2.45) is 0 Å². The quantitative estimate of drug-likeness (QED) is 0.360. The van der Waals surface area contributed by atoms with E-state index in [9.17, 15) is 9.90 Å². The van der Waals surface area contributed by atoms with Gasteiger partial charge < -0.3 is 19.3 Å². The van der Waals surface area contributed by atoms with Gasteiger partial charge in [-0.15, -0.1) is 0 Å². The van der Waals surface area contributed by atoms with Crippen LogP contribution in [-0.4, -0.2) is 38.3 Å². The second-order valence-corrected chi connectivity index (χ2v) is 9.58. The Morgan fingerprint density at radius 3 is 2.46 bits per heavy atom. The van der Waals surface area contributed by atoms with Gasteiger partial charge in [0.1, 0.15) is 0 Å². The lowest BCUT2D eigenvalue weighted by atomic mass is 9.88. The molecule has 3 heterocycles. The van der Waals surface area contributed by atoms with Gasteiger partial charge in [0, 0.05) is 29.2 Å². The average Bonchev–Trinajstić information content (AvgIpc) is 3.14. The van der Waals surface area contributed by atoms with Gasteiger partial charge in [-0.3, -0.25) is 4.79 Å². The molecule has 0 aliphatic carbocycles. The second-order valence-electron chi connectivity index (χ2n) is 9.14. The van der Waals surface area contributed by atoms with Crippen LogP contribution in [0, 0.1) is 13.8 Å². The Bertz CT molecular complexity index is 1430. The highest BCUT2D eigenvalue weighted by atomic mass is 35.5. The molecule has 1 aliphatic heterocycles. The second kappa shape index (κ2) is 8.89. The summed E-state index contributed by atoms with van der Waals surface area (Å²) in [6.07, 6.45) is 3.32. The van der Waals surface area contributed by atoms with E-state index in [0.29, 0.717) is 23.3 Å². The van der Waals surface area contributed by atoms with Gasteiger partial charge >= 0.3 is 5.97 Å². The van der Waals surface area contributed by atoms with Crippen LogP contribution in [0.4, 0.5) is 11.6 Å². The Kier molecular flexibility index (Phi) is 5.89. The lowest BCUT2D eigenvalue weighted by Gasteiger charge is -2.33. The van der Waals surface area contributed by atoms with Crippen LogP contribution in [0.5, 0.6) is 5.75 Å². The lowest BCUT2D eigenvalue weighted by molar-refractivity contribution is -0.136. The maximum atomic E-state index is 12.0. The van der Waals surface area contributed by atoms with Crippen molar-refractivity contribution in [2.75, 3.05) is 11.4 Å². The summed E-state index contributed by atoms with van der Waals surface area (Å²) in [6.45, 7) is 9.45. The van der Waals surface area contributed by atoms with Gasteiger partial charge in [-0.1, -0.05) is 23.7 Å². The minimum Gasteiger partial charge on any atom is -0.488 e. The van der Waals surface area contributed by atoms with E-state index < -0.39 is 5.97 Å². The number of aliphatic carboxylic acids is 1. The number of ether oxygens (including phenoxy) is 1. The molecule has 2 aromatic heterocycles. The summed E-state index contributed by atoms with van der Waals surface area (Å²) in [7, 11) is 0. The monoisotopic (exact) mass is 490 g/mol. The summed E-state index contributed by atoms with van der Waals surface area (Å²) in [5.74, 6) is 0.308. The Morgan fingerprint density at radius 1 is 1.14 bits per heavy atom. The van der Waals surface area contributed by atoms with Crippen LogP contribution < -0.4 is 9.64 Å². The number of aryl methyl sites for hydroxylation is 1. The molecule has 8 heteroatoms. The van der Waals surface area contributed by atoms with Crippen molar-refractivity contribution in [3.05, 3.63) is 64.6 Å². The molecule has 7 nitrogen and oxygen atoms in total. The van der Waals surface area contributed by atoms with Crippen LogP contribution in [0.1, 0.15) is 30.7 Å². The summed E-state index contributed by atoms with van der Waals surface area (Å²) in [5, 5.41) is 11.5. The van der Waals surface area contributed by atoms with Crippen molar-refractivity contribution < 1.29 is 14.6 Å². The predicted molar refractivity (Wildman–Crippen MR) is 138 cm³/mol. The van der Waals surface area contributed by atoms with Gasteiger partial charge in [-0.05, 0) is 68.1 Å². The predicted octanol–water partition coefficient (Wildman–Crippen LogP) is 5.93. The number of hydrogen-bond donors (Lipinski definition) is 1. The largest absolute Gasteiger partial charge is 0.488 e. The van der Waals surface area contributed by atoms with E-state index in [4.69, 9.17) is 16.3 Å². The highest BCUT2D eigenvalue weighted by Gasteiger charge is 2.30. The third-order valence-electron chi connectivity index (χ3n) is 6.41. The number of hydrogen-bond acceptors (Lipinski definition) is 5. The highest BCUT2D eigenvalue weighted by molar-refractivity contribution is 6.30. The van der Waals surface area contributed by atoms with Crippen LogP contribution in [0.3, 0.4) is 0 Å². The fourth-order valence-corrected chi connectivity index (χ4v) is 5.15. The summed E-state index contributed by atoms with van der Waals surface area (Å²) in [5.41, 5.74) is 6.72. The van der Waals surface area contributed by atoms with E-state index in [1.807, 2.05) is 45.0 Å². The fraction of sp³-hybridized carbons (Fsp3) is 0.296. The van der Waals surface area contributed by atoms with Crippen molar-refractivity contribution in [3.8, 4) is 16.9 Å². The molecule has 4 aromatic rings. The van der Waals surface area contributed by atoms with E-state index >= 15 is 0 Å². The van der Waals surface area contributed by atoms with E-state index in [0.717, 1.165) is 51.1 Å². The molecule has 0 amide bonds. The van der Waals surface area contributed by atoms with Gasteiger partial charge in [-0.25, -0.2) is 9.97 Å². The standard InChI is InChI=1S/C27H27ClN4O3/c1-15(2)35-20-13-29-27(30-14-20)32-10-9-31-16(3)11-22-24(18-5-7-19(28)8-6-18)21(12-23(33)34)17(4)25(32)26(22)31/h5-8,11,13-15H,9-10,12H2,1-4H3,(H,33,34). The number of carbonyl (C=O) groups is 1. The van der Waals surface area contributed by atoms with Crippen LogP contribution in [0.25, 0.3) is 22.0 Å². The minimum atomic E-state index is -0.875. The molecule has 0 fully saturated rings. The van der Waals surface area contributed by atoms with Gasteiger partial charge in [0.25, 0.3) is 0 Å². The maximum Gasteiger partial charge on any atom is 0.307 e. The topological polar surface area (TPSA) is 80.5 Å². The zero-order chi connectivity index (χ0) is 24.9. The summed E-state index contributed by atoms with van der Waals surface area (Å²) < 4.78 is 8.01. The normalized spacial score (nSPS) is 13.0. The van der Waals surface area contributed by atoms with Crippen LogP contribution in [-0.2, 0) is 17.8 Å². The Hall–Kier alpha value is -3.58. The van der Waals surface area contributed by atoms with Crippen LogP contribution in [0.15, 0.2) is 42.7 Å². The van der Waals surface area contributed by atoms with Gasteiger partial charge in [0.2, 0.25) is 5.95 Å². The van der Waals surface area contributed by atoms with Crippen molar-refractivity contribution in [1.29, 1.82) is 0 Å². The molecule has 2 aromatic carbocycles. The smallest absolute Gasteiger partial charge is 0.307 e. The molecule has 0 radical (unpaired) electrons. The van der Waals surface area contributed by atoms with Crippen molar-refractivity contribution in [1.82, 2.24) is 14.5 Å². The van der Waals surface area contributed by atoms with Gasteiger partial charge in [0.15, 0.2) is 5.75 Å². The first-order valence-electron chi connectivity index (χ1n) is 11.6. The third kappa shape index (κ3) is 4.10. The molecular formula is C27H27ClN4O3. The van der Waals surface area contributed by atoms with Crippen LogP contribution in [0.2, 0.25) is 5.02 Å². The van der Waals surface area contributed by atoms with Crippen LogP contribution >= 0.6 is 11.6 Å². The molecule has 0 spiro atoms. The van der Waals surface area contributed by atoms with Crippen molar-refractivity contribution in [3.63, 3.8) is 0 Å². The molecule has 0 bridgehead atoms. The number of carboxylic acids is 1.